The van der Waals surface area contributed by atoms with Crippen LogP contribution in [0.15, 0.2) is 18.2 Å². The van der Waals surface area contributed by atoms with Gasteiger partial charge in [-0.1, -0.05) is 37.5 Å². The Hall–Kier alpha value is -1.75. The number of para-hydroxylation sites is 1. The summed E-state index contributed by atoms with van der Waals surface area (Å²) in [7, 11) is 0. The monoisotopic (exact) mass is 313 g/mol. The van der Waals surface area contributed by atoms with E-state index in [1.54, 1.807) is 0 Å². The zero-order chi connectivity index (χ0) is 16.4. The van der Waals surface area contributed by atoms with E-state index in [1.165, 1.54) is 30.4 Å². The zero-order valence-electron chi connectivity index (χ0n) is 14.6. The van der Waals surface area contributed by atoms with Crippen LogP contribution in [-0.4, -0.2) is 26.2 Å². The van der Waals surface area contributed by atoms with Crippen LogP contribution in [0.5, 0.6) is 0 Å². The Kier molecular flexibility index (Phi) is 4.48. The van der Waals surface area contributed by atoms with Gasteiger partial charge in [0.25, 0.3) is 0 Å². The Balaban J connectivity index is 2.11. The standard InChI is InChI=1S/C18H27N5/c1-13(2)19-18(11-6-5-7-12-18)17-20-21-22-23(17)16-14(3)9-8-10-15(16)4/h8-10,13,19H,5-7,11-12H2,1-4H3. The predicted octanol–water partition coefficient (Wildman–Crippen LogP) is 3.44. The van der Waals surface area contributed by atoms with E-state index in [2.05, 4.69) is 66.7 Å². The summed E-state index contributed by atoms with van der Waals surface area (Å²) in [6, 6.07) is 6.73. The molecule has 1 N–H and O–H groups in total. The molecule has 0 aliphatic heterocycles. The van der Waals surface area contributed by atoms with E-state index in [0.29, 0.717) is 6.04 Å². The van der Waals surface area contributed by atoms with Crippen molar-refractivity contribution in [1.82, 2.24) is 25.5 Å². The fraction of sp³-hybridized carbons (Fsp3) is 0.611. The van der Waals surface area contributed by atoms with Crippen LogP contribution in [0.3, 0.4) is 0 Å². The molecule has 0 atom stereocenters. The first-order chi connectivity index (χ1) is 11.0. The van der Waals surface area contributed by atoms with Crippen LogP contribution in [0.1, 0.15) is 62.9 Å². The smallest absolute Gasteiger partial charge is 0.176 e. The lowest BCUT2D eigenvalue weighted by atomic mass is 9.80. The molecule has 0 spiro atoms. The highest BCUT2D eigenvalue weighted by molar-refractivity contribution is 5.47. The number of hydrogen-bond acceptors (Lipinski definition) is 4. The Morgan fingerprint density at radius 2 is 1.74 bits per heavy atom. The summed E-state index contributed by atoms with van der Waals surface area (Å²) in [6.07, 6.45) is 5.93. The lowest BCUT2D eigenvalue weighted by Gasteiger charge is -2.38. The van der Waals surface area contributed by atoms with Crippen molar-refractivity contribution in [3.05, 3.63) is 35.2 Å². The minimum atomic E-state index is -0.120. The normalized spacial score (nSPS) is 17.6. The van der Waals surface area contributed by atoms with Crippen molar-refractivity contribution >= 4 is 0 Å². The molecule has 2 aromatic rings. The second-order valence-corrected chi connectivity index (χ2v) is 7.10. The summed E-state index contributed by atoms with van der Waals surface area (Å²) in [6.45, 7) is 8.64. The molecule has 23 heavy (non-hydrogen) atoms. The van der Waals surface area contributed by atoms with Gasteiger partial charge >= 0.3 is 0 Å². The third kappa shape index (κ3) is 3.02. The van der Waals surface area contributed by atoms with Gasteiger partial charge in [-0.15, -0.1) is 5.10 Å². The number of aryl methyl sites for hydroxylation is 2. The number of tetrazole rings is 1. The quantitative estimate of drug-likeness (QED) is 0.939. The fourth-order valence-corrected chi connectivity index (χ4v) is 3.92. The molecule has 0 unspecified atom stereocenters. The van der Waals surface area contributed by atoms with Gasteiger partial charge in [0.1, 0.15) is 0 Å². The molecule has 5 heteroatoms. The molecule has 0 bridgehead atoms. The largest absolute Gasteiger partial charge is 0.302 e. The SMILES string of the molecule is Cc1cccc(C)c1-n1nnnc1C1(NC(C)C)CCCCC1. The van der Waals surface area contributed by atoms with Crippen molar-refractivity contribution in [2.45, 2.75) is 71.4 Å². The Morgan fingerprint density at radius 3 is 2.35 bits per heavy atom. The zero-order valence-corrected chi connectivity index (χ0v) is 14.6. The molecular formula is C18H27N5. The van der Waals surface area contributed by atoms with Crippen LogP contribution < -0.4 is 5.32 Å². The van der Waals surface area contributed by atoms with E-state index in [0.717, 1.165) is 24.4 Å². The topological polar surface area (TPSA) is 55.6 Å². The predicted molar refractivity (Wildman–Crippen MR) is 91.7 cm³/mol. The molecule has 1 aromatic heterocycles. The number of benzene rings is 1. The Bertz CT molecular complexity index is 648. The van der Waals surface area contributed by atoms with Gasteiger partial charge in [-0.3, -0.25) is 0 Å². The molecule has 0 saturated heterocycles. The van der Waals surface area contributed by atoms with Gasteiger partial charge in [-0.25, -0.2) is 0 Å². The van der Waals surface area contributed by atoms with Crippen LogP contribution in [-0.2, 0) is 5.54 Å². The third-order valence-electron chi connectivity index (χ3n) is 4.82. The maximum Gasteiger partial charge on any atom is 0.176 e. The first-order valence-corrected chi connectivity index (χ1v) is 8.67. The summed E-state index contributed by atoms with van der Waals surface area (Å²) in [4.78, 5) is 0. The van der Waals surface area contributed by atoms with E-state index in [1.807, 2.05) is 4.68 Å². The van der Waals surface area contributed by atoms with Crippen LogP contribution >= 0.6 is 0 Å². The minimum Gasteiger partial charge on any atom is -0.302 e. The van der Waals surface area contributed by atoms with Gasteiger partial charge in [-0.2, -0.15) is 4.68 Å². The average molecular weight is 313 g/mol. The highest BCUT2D eigenvalue weighted by atomic mass is 15.6. The van der Waals surface area contributed by atoms with E-state index < -0.39 is 0 Å². The van der Waals surface area contributed by atoms with Gasteiger partial charge < -0.3 is 5.32 Å². The number of aromatic nitrogens is 4. The fourth-order valence-electron chi connectivity index (χ4n) is 3.92. The van der Waals surface area contributed by atoms with Crippen molar-refractivity contribution < 1.29 is 0 Å². The van der Waals surface area contributed by atoms with E-state index in [9.17, 15) is 0 Å². The Labute approximate surface area is 138 Å². The van der Waals surface area contributed by atoms with Crippen LogP contribution in [0.25, 0.3) is 5.69 Å². The van der Waals surface area contributed by atoms with Crippen LogP contribution in [0.2, 0.25) is 0 Å². The van der Waals surface area contributed by atoms with Crippen molar-refractivity contribution in [2.24, 2.45) is 0 Å². The molecule has 1 heterocycles. The molecule has 1 aliphatic carbocycles. The second-order valence-electron chi connectivity index (χ2n) is 7.10. The first kappa shape index (κ1) is 16.1. The van der Waals surface area contributed by atoms with E-state index >= 15 is 0 Å². The molecule has 0 amide bonds. The third-order valence-corrected chi connectivity index (χ3v) is 4.82. The summed E-state index contributed by atoms with van der Waals surface area (Å²) >= 11 is 0. The highest BCUT2D eigenvalue weighted by Gasteiger charge is 2.39. The molecule has 0 radical (unpaired) electrons. The lowest BCUT2D eigenvalue weighted by Crippen LogP contribution is -2.49. The maximum absolute atomic E-state index is 4.46. The van der Waals surface area contributed by atoms with E-state index in [-0.39, 0.29) is 5.54 Å². The molecule has 124 valence electrons. The average Bonchev–Trinajstić information content (AvgIpc) is 2.97. The molecular weight excluding hydrogens is 286 g/mol. The van der Waals surface area contributed by atoms with Gasteiger partial charge in [0, 0.05) is 6.04 Å². The number of rotatable bonds is 4. The van der Waals surface area contributed by atoms with Gasteiger partial charge in [0.2, 0.25) is 0 Å². The van der Waals surface area contributed by atoms with Crippen molar-refractivity contribution in [3.8, 4) is 5.69 Å². The summed E-state index contributed by atoms with van der Waals surface area (Å²) in [5, 5.41) is 16.6. The summed E-state index contributed by atoms with van der Waals surface area (Å²) in [5.41, 5.74) is 3.40. The van der Waals surface area contributed by atoms with Gasteiger partial charge in [0.15, 0.2) is 5.82 Å². The molecule has 3 rings (SSSR count). The number of nitrogens with zero attached hydrogens (tertiary/aromatic N) is 4. The van der Waals surface area contributed by atoms with Crippen molar-refractivity contribution in [3.63, 3.8) is 0 Å². The summed E-state index contributed by atoms with van der Waals surface area (Å²) in [5.74, 6) is 0.961. The maximum atomic E-state index is 4.46. The van der Waals surface area contributed by atoms with Gasteiger partial charge in [0.05, 0.1) is 11.2 Å². The Morgan fingerprint density at radius 1 is 1.09 bits per heavy atom. The van der Waals surface area contributed by atoms with E-state index in [4.69, 9.17) is 0 Å². The van der Waals surface area contributed by atoms with Crippen LogP contribution in [0, 0.1) is 13.8 Å². The van der Waals surface area contributed by atoms with Crippen LogP contribution in [0.4, 0.5) is 0 Å². The second kappa shape index (κ2) is 6.40. The molecule has 1 aromatic carbocycles. The molecule has 1 aliphatic rings. The number of nitrogens with one attached hydrogen (secondary N) is 1. The minimum absolute atomic E-state index is 0.120. The highest BCUT2D eigenvalue weighted by Crippen LogP contribution is 2.37. The molecule has 1 fully saturated rings. The van der Waals surface area contributed by atoms with Crippen molar-refractivity contribution in [2.75, 3.05) is 0 Å². The molecule has 5 nitrogen and oxygen atoms in total. The molecule has 1 saturated carbocycles. The van der Waals surface area contributed by atoms with Gasteiger partial charge in [-0.05, 0) is 62.1 Å². The first-order valence-electron chi connectivity index (χ1n) is 8.67. The summed E-state index contributed by atoms with van der Waals surface area (Å²) < 4.78 is 1.96. The number of hydrogen-bond donors (Lipinski definition) is 1. The lowest BCUT2D eigenvalue weighted by molar-refractivity contribution is 0.200. The van der Waals surface area contributed by atoms with Crippen molar-refractivity contribution in [1.29, 1.82) is 0 Å².